The SMILES string of the molecule is C=CCOC(=O)[C@@H]1[C@H]2C(=O)N([C@H](CO)c3ccccc3)C(C(=O)N(CC=C)C(C)(C)C)C23CC(C)[C@@]1(C)O3. The van der Waals surface area contributed by atoms with E-state index in [0.717, 1.165) is 0 Å². The number of rotatable bonds is 9. The fourth-order valence-electron chi connectivity index (χ4n) is 6.88. The Morgan fingerprint density at radius 3 is 2.47 bits per heavy atom. The number of amides is 2. The summed E-state index contributed by atoms with van der Waals surface area (Å²) in [7, 11) is 0. The first-order valence-corrected chi connectivity index (χ1v) is 13.3. The zero-order valence-electron chi connectivity index (χ0n) is 23.1. The number of likely N-dealkylation sites (tertiary alicyclic amines) is 1. The maximum absolute atomic E-state index is 14.6. The normalized spacial score (nSPS) is 32.6. The van der Waals surface area contributed by atoms with Crippen LogP contribution in [0.3, 0.4) is 0 Å². The number of carbonyl (C=O) groups is 3. The molecule has 1 N–H and O–H groups in total. The van der Waals surface area contributed by atoms with Gasteiger partial charge in [-0.15, -0.1) is 6.58 Å². The average molecular weight is 525 g/mol. The Hall–Kier alpha value is -2.97. The third-order valence-electron chi connectivity index (χ3n) is 8.66. The van der Waals surface area contributed by atoms with E-state index in [1.807, 2.05) is 65.0 Å². The molecule has 2 bridgehead atoms. The summed E-state index contributed by atoms with van der Waals surface area (Å²) < 4.78 is 12.2. The van der Waals surface area contributed by atoms with Gasteiger partial charge in [0.2, 0.25) is 11.8 Å². The van der Waals surface area contributed by atoms with E-state index in [-0.39, 0.29) is 30.9 Å². The molecule has 38 heavy (non-hydrogen) atoms. The molecule has 3 unspecified atom stereocenters. The number of benzene rings is 1. The van der Waals surface area contributed by atoms with Crippen molar-refractivity contribution in [1.29, 1.82) is 0 Å². The molecular weight excluding hydrogens is 484 g/mol. The molecule has 8 nitrogen and oxygen atoms in total. The topological polar surface area (TPSA) is 96.4 Å². The summed E-state index contributed by atoms with van der Waals surface area (Å²) in [5, 5.41) is 10.6. The highest BCUT2D eigenvalue weighted by atomic mass is 16.6. The number of ether oxygens (including phenoxy) is 2. The van der Waals surface area contributed by atoms with Crippen LogP contribution in [0, 0.1) is 17.8 Å². The molecule has 3 aliphatic rings. The molecule has 1 aromatic rings. The summed E-state index contributed by atoms with van der Waals surface area (Å²) in [5.41, 5.74) is -2.10. The summed E-state index contributed by atoms with van der Waals surface area (Å²) in [6, 6.07) is 7.32. The van der Waals surface area contributed by atoms with Gasteiger partial charge in [-0.1, -0.05) is 56.0 Å². The van der Waals surface area contributed by atoms with Gasteiger partial charge in [-0.05, 0) is 45.6 Å². The van der Waals surface area contributed by atoms with Crippen molar-refractivity contribution in [1.82, 2.24) is 9.80 Å². The number of carbonyl (C=O) groups excluding carboxylic acids is 3. The summed E-state index contributed by atoms with van der Waals surface area (Å²) in [6.07, 6.45) is 3.57. The van der Waals surface area contributed by atoms with E-state index >= 15 is 0 Å². The second-order valence-electron chi connectivity index (χ2n) is 11.9. The van der Waals surface area contributed by atoms with Gasteiger partial charge in [0.15, 0.2) is 0 Å². The first-order chi connectivity index (χ1) is 17.9. The van der Waals surface area contributed by atoms with Crippen LogP contribution in [-0.2, 0) is 23.9 Å². The maximum atomic E-state index is 14.6. The highest BCUT2D eigenvalue weighted by molar-refractivity contribution is 5.99. The van der Waals surface area contributed by atoms with Crippen LogP contribution in [0.25, 0.3) is 0 Å². The Morgan fingerprint density at radius 2 is 1.92 bits per heavy atom. The van der Waals surface area contributed by atoms with Gasteiger partial charge in [0.25, 0.3) is 0 Å². The summed E-state index contributed by atoms with van der Waals surface area (Å²) in [6.45, 7) is 17.0. The molecule has 0 aliphatic carbocycles. The number of hydrogen-bond acceptors (Lipinski definition) is 6. The van der Waals surface area contributed by atoms with E-state index in [0.29, 0.717) is 12.0 Å². The molecule has 0 saturated carbocycles. The van der Waals surface area contributed by atoms with Crippen molar-refractivity contribution in [3.8, 4) is 0 Å². The van der Waals surface area contributed by atoms with Gasteiger partial charge in [0.1, 0.15) is 24.2 Å². The van der Waals surface area contributed by atoms with Crippen LogP contribution in [-0.4, -0.2) is 75.2 Å². The highest BCUT2D eigenvalue weighted by Gasteiger charge is 2.81. The van der Waals surface area contributed by atoms with E-state index in [1.54, 1.807) is 11.0 Å². The second-order valence-corrected chi connectivity index (χ2v) is 11.9. The van der Waals surface area contributed by atoms with Gasteiger partial charge >= 0.3 is 5.97 Å². The van der Waals surface area contributed by atoms with Gasteiger partial charge in [-0.3, -0.25) is 14.4 Å². The molecule has 4 rings (SSSR count). The number of fused-ring (bicyclic) bond motifs is 1. The number of aliphatic hydroxyl groups is 1. The van der Waals surface area contributed by atoms with Crippen molar-refractivity contribution < 1.29 is 29.0 Å². The van der Waals surface area contributed by atoms with Crippen molar-refractivity contribution >= 4 is 17.8 Å². The van der Waals surface area contributed by atoms with Crippen LogP contribution in [0.4, 0.5) is 0 Å². The molecule has 3 fully saturated rings. The Morgan fingerprint density at radius 1 is 1.26 bits per heavy atom. The Kier molecular flexibility index (Phi) is 7.36. The van der Waals surface area contributed by atoms with Crippen molar-refractivity contribution in [3.05, 3.63) is 61.2 Å². The van der Waals surface area contributed by atoms with E-state index in [1.165, 1.54) is 11.0 Å². The number of aliphatic hydroxyl groups excluding tert-OH is 1. The minimum atomic E-state index is -1.24. The zero-order chi connectivity index (χ0) is 28.0. The standard InChI is InChI=1S/C30H40N2O6/c1-8-15-31(28(4,5)6)26(35)24-30-17-19(3)29(7,38-30)23(27(36)37-16-9-2)22(30)25(34)32(24)21(18-33)20-13-11-10-12-14-20/h8-14,19,21-24,33H,1-2,15-18H2,3-7H3/t19?,21-,22+,23+,24?,29-,30?/m1/s1. The molecule has 8 heteroatoms. The molecule has 2 amide bonds. The lowest BCUT2D eigenvalue weighted by atomic mass is 9.62. The van der Waals surface area contributed by atoms with Crippen LogP contribution in [0.2, 0.25) is 0 Å². The van der Waals surface area contributed by atoms with Crippen LogP contribution >= 0.6 is 0 Å². The van der Waals surface area contributed by atoms with Crippen molar-refractivity contribution in [3.63, 3.8) is 0 Å². The molecule has 1 aromatic carbocycles. The number of nitrogens with zero attached hydrogens (tertiary/aromatic N) is 2. The van der Waals surface area contributed by atoms with E-state index in [2.05, 4.69) is 13.2 Å². The molecule has 7 atom stereocenters. The van der Waals surface area contributed by atoms with Gasteiger partial charge in [-0.2, -0.15) is 0 Å². The summed E-state index contributed by atoms with van der Waals surface area (Å²) >= 11 is 0. The fraction of sp³-hybridized carbons (Fsp3) is 0.567. The van der Waals surface area contributed by atoms with Gasteiger partial charge < -0.3 is 24.4 Å². The summed E-state index contributed by atoms with van der Waals surface area (Å²) in [4.78, 5) is 45.6. The lowest BCUT2D eigenvalue weighted by Crippen LogP contribution is -2.60. The predicted octanol–water partition coefficient (Wildman–Crippen LogP) is 3.27. The van der Waals surface area contributed by atoms with E-state index in [4.69, 9.17) is 9.47 Å². The largest absolute Gasteiger partial charge is 0.461 e. The first kappa shape index (κ1) is 28.0. The van der Waals surface area contributed by atoms with Crippen LogP contribution < -0.4 is 0 Å². The minimum Gasteiger partial charge on any atom is -0.461 e. The first-order valence-electron chi connectivity index (χ1n) is 13.3. The van der Waals surface area contributed by atoms with Crippen LogP contribution in [0.5, 0.6) is 0 Å². The van der Waals surface area contributed by atoms with E-state index in [9.17, 15) is 19.5 Å². The Bertz CT molecular complexity index is 1110. The molecular formula is C30H40N2O6. The highest BCUT2D eigenvalue weighted by Crippen LogP contribution is 2.66. The molecule has 0 aromatic heterocycles. The smallest absolute Gasteiger partial charge is 0.313 e. The monoisotopic (exact) mass is 524 g/mol. The second kappa shape index (κ2) is 9.97. The average Bonchev–Trinajstić information content (AvgIpc) is 3.38. The van der Waals surface area contributed by atoms with E-state index < -0.39 is 53.2 Å². The zero-order valence-corrected chi connectivity index (χ0v) is 23.1. The third-order valence-corrected chi connectivity index (χ3v) is 8.66. The van der Waals surface area contributed by atoms with Crippen molar-refractivity contribution in [2.45, 2.75) is 69.9 Å². The Labute approximate surface area is 225 Å². The van der Waals surface area contributed by atoms with Gasteiger partial charge in [0.05, 0.1) is 24.2 Å². The van der Waals surface area contributed by atoms with Crippen LogP contribution in [0.1, 0.15) is 52.6 Å². The molecule has 206 valence electrons. The molecule has 3 saturated heterocycles. The van der Waals surface area contributed by atoms with Crippen molar-refractivity contribution in [2.75, 3.05) is 19.8 Å². The lowest BCUT2D eigenvalue weighted by Gasteiger charge is -2.43. The molecule has 3 heterocycles. The summed E-state index contributed by atoms with van der Waals surface area (Å²) in [5.74, 6) is -3.13. The molecule has 0 radical (unpaired) electrons. The maximum Gasteiger partial charge on any atom is 0.313 e. The van der Waals surface area contributed by atoms with Gasteiger partial charge in [-0.25, -0.2) is 0 Å². The Balaban J connectivity index is 1.91. The van der Waals surface area contributed by atoms with Crippen molar-refractivity contribution in [2.24, 2.45) is 17.8 Å². The van der Waals surface area contributed by atoms with Crippen LogP contribution in [0.15, 0.2) is 55.6 Å². The van der Waals surface area contributed by atoms with Gasteiger partial charge in [0, 0.05) is 12.1 Å². The number of esters is 1. The third kappa shape index (κ3) is 4.09. The fourth-order valence-corrected chi connectivity index (χ4v) is 6.88. The minimum absolute atomic E-state index is 0.0141. The number of hydrogen-bond donors (Lipinski definition) is 1. The predicted molar refractivity (Wildman–Crippen MR) is 143 cm³/mol. The molecule has 1 spiro atoms. The quantitative estimate of drug-likeness (QED) is 0.394. The molecule has 3 aliphatic heterocycles. The lowest BCUT2D eigenvalue weighted by molar-refractivity contribution is -0.164.